The smallest absolute Gasteiger partial charge is 0.312 e. The van der Waals surface area contributed by atoms with Gasteiger partial charge >= 0.3 is 11.9 Å². The Kier molecular flexibility index (Phi) is 7.83. The van der Waals surface area contributed by atoms with Crippen molar-refractivity contribution < 1.29 is 33.4 Å². The van der Waals surface area contributed by atoms with Crippen LogP contribution in [-0.2, 0) is 33.4 Å². The third-order valence-electron chi connectivity index (χ3n) is 3.60. The average molecular weight is 357 g/mol. The first-order valence-electron chi connectivity index (χ1n) is 8.01. The molecular weight excluding hydrogens is 334 g/mol. The lowest BCUT2D eigenvalue weighted by molar-refractivity contribution is -0.157. The molecule has 0 unspecified atom stereocenters. The van der Waals surface area contributed by atoms with E-state index >= 15 is 0 Å². The summed E-state index contributed by atoms with van der Waals surface area (Å²) in [7, 11) is 0. The lowest BCUT2D eigenvalue weighted by Gasteiger charge is -2.24. The molecule has 0 bridgehead atoms. The first-order valence-corrected chi connectivity index (χ1v) is 8.01. The summed E-state index contributed by atoms with van der Waals surface area (Å²) in [6, 6.07) is -2.28. The Hall–Kier alpha value is -2.65. The Morgan fingerprint density at radius 3 is 2.36 bits per heavy atom. The maximum atomic E-state index is 12.2. The molecule has 1 aliphatic heterocycles. The van der Waals surface area contributed by atoms with E-state index in [9.17, 15) is 24.0 Å². The number of amides is 3. The van der Waals surface area contributed by atoms with Crippen molar-refractivity contribution in [2.24, 2.45) is 11.7 Å². The Morgan fingerprint density at radius 2 is 1.88 bits per heavy atom. The van der Waals surface area contributed by atoms with Crippen molar-refractivity contribution in [2.45, 2.75) is 45.2 Å². The molecule has 0 aliphatic carbocycles. The van der Waals surface area contributed by atoms with Crippen LogP contribution < -0.4 is 16.4 Å². The highest BCUT2D eigenvalue weighted by atomic mass is 16.5. The van der Waals surface area contributed by atoms with Gasteiger partial charge in [-0.1, -0.05) is 0 Å². The van der Waals surface area contributed by atoms with Crippen LogP contribution in [0.5, 0.6) is 0 Å². The van der Waals surface area contributed by atoms with E-state index in [0.717, 1.165) is 0 Å². The molecule has 1 saturated heterocycles. The maximum absolute atomic E-state index is 12.2. The van der Waals surface area contributed by atoms with E-state index in [1.54, 1.807) is 13.8 Å². The predicted octanol–water partition coefficient (Wildman–Crippen LogP) is -1.63. The highest BCUT2D eigenvalue weighted by molar-refractivity contribution is 5.96. The number of carbonyl (C=O) groups is 5. The second-order valence-corrected chi connectivity index (χ2v) is 5.42. The number of hydrogen-bond donors (Lipinski definition) is 3. The molecule has 0 aromatic heterocycles. The van der Waals surface area contributed by atoms with Crippen molar-refractivity contribution in [3.63, 3.8) is 0 Å². The molecule has 0 aromatic rings. The van der Waals surface area contributed by atoms with Crippen molar-refractivity contribution in [1.82, 2.24) is 10.6 Å². The lowest BCUT2D eigenvalue weighted by atomic mass is 9.95. The molecule has 3 atom stereocenters. The topological polar surface area (TPSA) is 154 Å². The van der Waals surface area contributed by atoms with E-state index in [1.807, 2.05) is 0 Å². The maximum Gasteiger partial charge on any atom is 0.312 e. The number of esters is 2. The van der Waals surface area contributed by atoms with Crippen LogP contribution in [0.2, 0.25) is 0 Å². The Labute approximate surface area is 144 Å². The normalized spacial score (nSPS) is 18.6. The van der Waals surface area contributed by atoms with E-state index in [2.05, 4.69) is 10.6 Å². The number of ether oxygens (including phenoxy) is 2. The SMILES string of the molecule is CCOC(=O)C[C@@H](C(=O)OCC)[C@H](NC(=O)[C@H]1CCC(=O)N1)C(N)=O. The van der Waals surface area contributed by atoms with E-state index in [0.29, 0.717) is 0 Å². The van der Waals surface area contributed by atoms with E-state index in [-0.39, 0.29) is 32.0 Å². The minimum atomic E-state index is -1.46. The molecular formula is C15H23N3O7. The lowest BCUT2D eigenvalue weighted by Crippen LogP contribution is -2.55. The molecule has 3 amide bonds. The zero-order chi connectivity index (χ0) is 19.0. The monoisotopic (exact) mass is 357 g/mol. The van der Waals surface area contributed by atoms with Gasteiger partial charge in [-0.25, -0.2) is 0 Å². The van der Waals surface area contributed by atoms with Crippen molar-refractivity contribution in [3.05, 3.63) is 0 Å². The number of carbonyl (C=O) groups excluding carboxylic acids is 5. The second-order valence-electron chi connectivity index (χ2n) is 5.42. The third-order valence-corrected chi connectivity index (χ3v) is 3.60. The van der Waals surface area contributed by atoms with Gasteiger partial charge in [0, 0.05) is 6.42 Å². The van der Waals surface area contributed by atoms with Crippen LogP contribution in [0.4, 0.5) is 0 Å². The predicted molar refractivity (Wildman–Crippen MR) is 83.7 cm³/mol. The van der Waals surface area contributed by atoms with Gasteiger partial charge in [-0.3, -0.25) is 24.0 Å². The van der Waals surface area contributed by atoms with Gasteiger partial charge in [0.05, 0.1) is 25.6 Å². The van der Waals surface area contributed by atoms with Gasteiger partial charge in [0.1, 0.15) is 12.1 Å². The minimum absolute atomic E-state index is 0.0241. The molecule has 1 aliphatic rings. The quantitative estimate of drug-likeness (QED) is 0.418. The zero-order valence-electron chi connectivity index (χ0n) is 14.2. The summed E-state index contributed by atoms with van der Waals surface area (Å²) in [5, 5.41) is 4.77. The molecule has 1 rings (SSSR count). The van der Waals surface area contributed by atoms with Gasteiger partial charge in [-0.15, -0.1) is 0 Å². The first kappa shape index (κ1) is 20.4. The Morgan fingerprint density at radius 1 is 1.24 bits per heavy atom. The molecule has 25 heavy (non-hydrogen) atoms. The molecule has 1 fully saturated rings. The fourth-order valence-electron chi connectivity index (χ4n) is 2.42. The van der Waals surface area contributed by atoms with Gasteiger partial charge in [0.2, 0.25) is 17.7 Å². The van der Waals surface area contributed by atoms with E-state index in [1.165, 1.54) is 0 Å². The fraction of sp³-hybridized carbons (Fsp3) is 0.667. The highest BCUT2D eigenvalue weighted by Gasteiger charge is 2.39. The summed E-state index contributed by atoms with van der Waals surface area (Å²) in [6.45, 7) is 3.27. The summed E-state index contributed by atoms with van der Waals surface area (Å²) >= 11 is 0. The van der Waals surface area contributed by atoms with Crippen molar-refractivity contribution >= 4 is 29.7 Å². The van der Waals surface area contributed by atoms with Crippen LogP contribution in [0.25, 0.3) is 0 Å². The molecule has 4 N–H and O–H groups in total. The van der Waals surface area contributed by atoms with Crippen LogP contribution in [0.15, 0.2) is 0 Å². The van der Waals surface area contributed by atoms with E-state index < -0.39 is 48.2 Å². The largest absolute Gasteiger partial charge is 0.466 e. The molecule has 140 valence electrons. The molecule has 10 nitrogen and oxygen atoms in total. The molecule has 0 aromatic carbocycles. The third kappa shape index (κ3) is 6.05. The molecule has 0 spiro atoms. The van der Waals surface area contributed by atoms with E-state index in [4.69, 9.17) is 15.2 Å². The van der Waals surface area contributed by atoms with Crippen LogP contribution in [0.1, 0.15) is 33.1 Å². The fourth-order valence-corrected chi connectivity index (χ4v) is 2.42. The van der Waals surface area contributed by atoms with Gasteiger partial charge in [0.15, 0.2) is 0 Å². The van der Waals surface area contributed by atoms with Crippen LogP contribution >= 0.6 is 0 Å². The number of nitrogens with one attached hydrogen (secondary N) is 2. The zero-order valence-corrected chi connectivity index (χ0v) is 14.2. The molecule has 10 heteroatoms. The first-order chi connectivity index (χ1) is 11.8. The summed E-state index contributed by atoms with van der Waals surface area (Å²) in [4.78, 5) is 59.0. The Balaban J connectivity index is 2.91. The van der Waals surface area contributed by atoms with Gasteiger partial charge in [-0.2, -0.15) is 0 Å². The summed E-state index contributed by atoms with van der Waals surface area (Å²) in [6.07, 6.45) is -0.0286. The second kappa shape index (κ2) is 9.60. The molecule has 0 radical (unpaired) electrons. The van der Waals surface area contributed by atoms with Crippen molar-refractivity contribution in [2.75, 3.05) is 13.2 Å². The number of nitrogens with two attached hydrogens (primary N) is 1. The van der Waals surface area contributed by atoms with Crippen LogP contribution in [-0.4, -0.2) is 55.0 Å². The molecule has 1 heterocycles. The van der Waals surface area contributed by atoms with Crippen molar-refractivity contribution in [1.29, 1.82) is 0 Å². The summed E-state index contributed by atoms with van der Waals surface area (Å²) in [5.41, 5.74) is 5.29. The number of rotatable bonds is 9. The van der Waals surface area contributed by atoms with Gasteiger partial charge < -0.3 is 25.8 Å². The van der Waals surface area contributed by atoms with Gasteiger partial charge in [-0.05, 0) is 20.3 Å². The Bertz CT molecular complexity index is 549. The van der Waals surface area contributed by atoms with Crippen LogP contribution in [0, 0.1) is 5.92 Å². The van der Waals surface area contributed by atoms with Crippen LogP contribution in [0.3, 0.4) is 0 Å². The van der Waals surface area contributed by atoms with Crippen molar-refractivity contribution in [3.8, 4) is 0 Å². The summed E-state index contributed by atoms with van der Waals surface area (Å²) in [5.74, 6) is -4.85. The minimum Gasteiger partial charge on any atom is -0.466 e. The molecule has 0 saturated carbocycles. The van der Waals surface area contributed by atoms with Gasteiger partial charge in [0.25, 0.3) is 0 Å². The number of hydrogen-bond acceptors (Lipinski definition) is 7. The summed E-state index contributed by atoms with van der Waals surface area (Å²) < 4.78 is 9.64. The average Bonchev–Trinajstić information content (AvgIpc) is 2.97. The number of primary amides is 1. The standard InChI is InChI=1S/C15H23N3O7/c1-3-24-11(20)7-8(15(23)25-4-2)12(13(16)21)18-14(22)9-5-6-10(19)17-9/h8-9,12H,3-7H2,1-2H3,(H2,16,21)(H,17,19)(H,18,22)/t8-,9-,12+/m1/s1. The highest BCUT2D eigenvalue weighted by Crippen LogP contribution is 2.15.